The number of aryl methyl sites for hydroxylation is 1. The summed E-state index contributed by atoms with van der Waals surface area (Å²) in [6.07, 6.45) is 7.35. The highest BCUT2D eigenvalue weighted by Crippen LogP contribution is 2.30. The first-order valence-corrected chi connectivity index (χ1v) is 8.91. The molecule has 2 aliphatic rings. The maximum Gasteiger partial charge on any atom is 0.255 e. The van der Waals surface area contributed by atoms with Crippen molar-refractivity contribution < 1.29 is 4.79 Å². The molecular formula is C20H23N3O. The lowest BCUT2D eigenvalue weighted by Gasteiger charge is -2.27. The number of rotatable bonds is 3. The molecule has 1 fully saturated rings. The second-order valence-electron chi connectivity index (χ2n) is 6.69. The molecule has 24 heavy (non-hydrogen) atoms. The fourth-order valence-electron chi connectivity index (χ4n) is 3.89. The van der Waals surface area contributed by atoms with Gasteiger partial charge in [0.05, 0.1) is 11.6 Å². The third kappa shape index (κ3) is 2.88. The van der Waals surface area contributed by atoms with Crippen LogP contribution in [0.25, 0.3) is 0 Å². The number of carbonyl (C=O) groups is 1. The number of amides is 1. The van der Waals surface area contributed by atoms with Gasteiger partial charge in [0.15, 0.2) is 0 Å². The molecule has 0 bridgehead atoms. The van der Waals surface area contributed by atoms with Crippen LogP contribution < -0.4 is 10.2 Å². The summed E-state index contributed by atoms with van der Waals surface area (Å²) >= 11 is 0. The summed E-state index contributed by atoms with van der Waals surface area (Å²) in [6.45, 7) is 1.98. The van der Waals surface area contributed by atoms with Gasteiger partial charge in [0.25, 0.3) is 5.91 Å². The van der Waals surface area contributed by atoms with Crippen LogP contribution in [0.2, 0.25) is 0 Å². The number of fused-ring (bicyclic) bond motifs is 1. The molecule has 1 aliphatic carbocycles. The molecule has 2 aromatic rings. The zero-order valence-electron chi connectivity index (χ0n) is 13.9. The Labute approximate surface area is 142 Å². The fraction of sp³-hybridized carbons (Fsp3) is 0.400. The second-order valence-corrected chi connectivity index (χ2v) is 6.69. The topological polar surface area (TPSA) is 45.2 Å². The molecule has 4 rings (SSSR count). The maximum atomic E-state index is 12.9. The lowest BCUT2D eigenvalue weighted by Crippen LogP contribution is -2.32. The molecule has 0 radical (unpaired) electrons. The van der Waals surface area contributed by atoms with Crippen molar-refractivity contribution in [3.8, 4) is 0 Å². The highest BCUT2D eigenvalue weighted by molar-refractivity contribution is 5.99. The van der Waals surface area contributed by atoms with Crippen molar-refractivity contribution in [1.82, 2.24) is 10.3 Å². The molecule has 1 amide bonds. The smallest absolute Gasteiger partial charge is 0.255 e. The second kappa shape index (κ2) is 6.63. The van der Waals surface area contributed by atoms with Crippen LogP contribution in [0, 0.1) is 0 Å². The Morgan fingerprint density at radius 2 is 1.92 bits per heavy atom. The third-order valence-electron chi connectivity index (χ3n) is 5.11. The lowest BCUT2D eigenvalue weighted by atomic mass is 9.87. The van der Waals surface area contributed by atoms with Crippen molar-refractivity contribution in [2.24, 2.45) is 0 Å². The third-order valence-corrected chi connectivity index (χ3v) is 5.11. The Hall–Kier alpha value is -2.36. The van der Waals surface area contributed by atoms with Crippen LogP contribution in [0.5, 0.6) is 0 Å². The van der Waals surface area contributed by atoms with Gasteiger partial charge in [-0.2, -0.15) is 0 Å². The van der Waals surface area contributed by atoms with Gasteiger partial charge in [-0.3, -0.25) is 4.79 Å². The number of carbonyl (C=O) groups excluding carboxylic acids is 1. The molecule has 1 saturated heterocycles. The summed E-state index contributed by atoms with van der Waals surface area (Å²) < 4.78 is 0. The summed E-state index contributed by atoms with van der Waals surface area (Å²) in [5, 5.41) is 3.25. The molecule has 4 heteroatoms. The molecule has 1 aliphatic heterocycles. The molecule has 1 N–H and O–H groups in total. The standard InChI is InChI=1S/C20H23N3O/c24-20(17-10-6-12-21-19(17)23-13-3-4-14-23)22-18-11-5-8-15-7-1-2-9-16(15)18/h1-2,6-7,9-10,12,18H,3-5,8,11,13-14H2,(H,22,24). The van der Waals surface area contributed by atoms with Crippen LogP contribution in [0.3, 0.4) is 0 Å². The number of benzene rings is 1. The predicted molar refractivity (Wildman–Crippen MR) is 95.3 cm³/mol. The average Bonchev–Trinajstić information content (AvgIpc) is 3.16. The van der Waals surface area contributed by atoms with Gasteiger partial charge in [0.1, 0.15) is 5.82 Å². The van der Waals surface area contributed by atoms with E-state index < -0.39 is 0 Å². The number of nitrogens with zero attached hydrogens (tertiary/aromatic N) is 2. The van der Waals surface area contributed by atoms with Crippen molar-refractivity contribution in [3.63, 3.8) is 0 Å². The number of hydrogen-bond donors (Lipinski definition) is 1. The predicted octanol–water partition coefficient (Wildman–Crippen LogP) is 3.49. The minimum absolute atomic E-state index is 0.00768. The first kappa shape index (κ1) is 15.2. The Morgan fingerprint density at radius 1 is 1.08 bits per heavy atom. The molecule has 0 spiro atoms. The largest absolute Gasteiger partial charge is 0.356 e. The Morgan fingerprint density at radius 3 is 2.79 bits per heavy atom. The molecule has 1 atom stereocenters. The normalized spacial score (nSPS) is 19.8. The fourth-order valence-corrected chi connectivity index (χ4v) is 3.89. The molecular weight excluding hydrogens is 298 g/mol. The van der Waals surface area contributed by atoms with Gasteiger partial charge >= 0.3 is 0 Å². The van der Waals surface area contributed by atoms with E-state index in [1.54, 1.807) is 6.20 Å². The van der Waals surface area contributed by atoms with Gasteiger partial charge in [-0.15, -0.1) is 0 Å². The van der Waals surface area contributed by atoms with Gasteiger partial charge < -0.3 is 10.2 Å². The molecule has 4 nitrogen and oxygen atoms in total. The van der Waals surface area contributed by atoms with E-state index in [4.69, 9.17) is 0 Å². The van der Waals surface area contributed by atoms with Crippen molar-refractivity contribution in [1.29, 1.82) is 0 Å². The number of hydrogen-bond acceptors (Lipinski definition) is 3. The monoisotopic (exact) mass is 321 g/mol. The SMILES string of the molecule is O=C(NC1CCCc2ccccc21)c1cccnc1N1CCCC1. The molecule has 0 saturated carbocycles. The van der Waals surface area contributed by atoms with Gasteiger partial charge in [-0.1, -0.05) is 24.3 Å². The number of anilines is 1. The zero-order valence-corrected chi connectivity index (χ0v) is 13.9. The average molecular weight is 321 g/mol. The van der Waals surface area contributed by atoms with E-state index in [0.29, 0.717) is 5.56 Å². The summed E-state index contributed by atoms with van der Waals surface area (Å²) in [4.78, 5) is 19.6. The van der Waals surface area contributed by atoms with Crippen molar-refractivity contribution in [2.75, 3.05) is 18.0 Å². The van der Waals surface area contributed by atoms with Crippen molar-refractivity contribution in [2.45, 2.75) is 38.1 Å². The summed E-state index contributed by atoms with van der Waals surface area (Å²) in [6, 6.07) is 12.3. The van der Waals surface area contributed by atoms with Gasteiger partial charge in [0.2, 0.25) is 0 Å². The Bertz CT molecular complexity index is 737. The molecule has 1 aromatic carbocycles. The highest BCUT2D eigenvalue weighted by Gasteiger charge is 2.25. The lowest BCUT2D eigenvalue weighted by molar-refractivity contribution is 0.0933. The van der Waals surface area contributed by atoms with Crippen molar-refractivity contribution >= 4 is 11.7 Å². The quantitative estimate of drug-likeness (QED) is 0.941. The Kier molecular flexibility index (Phi) is 4.20. The van der Waals surface area contributed by atoms with Crippen LogP contribution in [-0.4, -0.2) is 24.0 Å². The van der Waals surface area contributed by atoms with Crippen LogP contribution in [0.15, 0.2) is 42.6 Å². The van der Waals surface area contributed by atoms with E-state index in [1.807, 2.05) is 12.1 Å². The van der Waals surface area contributed by atoms with Crippen LogP contribution >= 0.6 is 0 Å². The first-order valence-electron chi connectivity index (χ1n) is 8.91. The number of nitrogens with one attached hydrogen (secondary N) is 1. The van der Waals surface area contributed by atoms with E-state index >= 15 is 0 Å². The molecule has 124 valence electrons. The molecule has 2 heterocycles. The minimum atomic E-state index is -0.00768. The van der Waals surface area contributed by atoms with Gasteiger partial charge in [0, 0.05) is 19.3 Å². The maximum absolute atomic E-state index is 12.9. The first-order chi connectivity index (χ1) is 11.8. The van der Waals surface area contributed by atoms with Gasteiger partial charge in [-0.25, -0.2) is 4.98 Å². The number of aromatic nitrogens is 1. The van der Waals surface area contributed by atoms with E-state index in [0.717, 1.165) is 38.2 Å². The van der Waals surface area contributed by atoms with E-state index in [9.17, 15) is 4.79 Å². The number of pyridine rings is 1. The van der Waals surface area contributed by atoms with E-state index in [2.05, 4.69) is 39.5 Å². The summed E-state index contributed by atoms with van der Waals surface area (Å²) in [5.41, 5.74) is 3.33. The minimum Gasteiger partial charge on any atom is -0.356 e. The van der Waals surface area contributed by atoms with Crippen LogP contribution in [0.4, 0.5) is 5.82 Å². The zero-order chi connectivity index (χ0) is 16.4. The Balaban J connectivity index is 1.58. The van der Waals surface area contributed by atoms with Crippen molar-refractivity contribution in [3.05, 3.63) is 59.3 Å². The highest BCUT2D eigenvalue weighted by atomic mass is 16.1. The molecule has 1 aromatic heterocycles. The molecule has 1 unspecified atom stereocenters. The summed E-state index contributed by atoms with van der Waals surface area (Å²) in [5.74, 6) is 0.822. The van der Waals surface area contributed by atoms with Gasteiger partial charge in [-0.05, 0) is 55.4 Å². The van der Waals surface area contributed by atoms with Crippen LogP contribution in [-0.2, 0) is 6.42 Å². The summed E-state index contributed by atoms with van der Waals surface area (Å²) in [7, 11) is 0. The van der Waals surface area contributed by atoms with E-state index in [-0.39, 0.29) is 11.9 Å². The van der Waals surface area contributed by atoms with Crippen LogP contribution in [0.1, 0.15) is 53.2 Å². The van der Waals surface area contributed by atoms with E-state index in [1.165, 1.54) is 24.0 Å².